The summed E-state index contributed by atoms with van der Waals surface area (Å²) in [7, 11) is 1.77. The fourth-order valence-corrected chi connectivity index (χ4v) is 2.03. The fraction of sp³-hybridized carbons (Fsp3) is 0.375. The molecular weight excluding hydrogens is 258 g/mol. The van der Waals surface area contributed by atoms with Gasteiger partial charge in [0.25, 0.3) is 0 Å². The molecule has 0 amide bonds. The average molecular weight is 269 g/mol. The molecule has 0 fully saturated rings. The van der Waals surface area contributed by atoms with Gasteiger partial charge in [-0.3, -0.25) is 9.25 Å². The van der Waals surface area contributed by atoms with E-state index in [1.165, 1.54) is 22.6 Å². The van der Waals surface area contributed by atoms with Gasteiger partial charge in [0.15, 0.2) is 10.9 Å². The third-order valence-corrected chi connectivity index (χ3v) is 3.18. The first-order valence-electron chi connectivity index (χ1n) is 4.99. The number of aromatic carboxylic acids is 1. The molecule has 96 valence electrons. The molecule has 2 heterocycles. The van der Waals surface area contributed by atoms with Crippen LogP contribution in [0.25, 0.3) is 0 Å². The smallest absolute Gasteiger partial charge is 0.358 e. The Kier molecular flexibility index (Phi) is 3.46. The minimum atomic E-state index is -1.09. The fourth-order valence-electron chi connectivity index (χ4n) is 1.19. The van der Waals surface area contributed by atoms with Crippen LogP contribution in [0.3, 0.4) is 0 Å². The molecular formula is C8H11N7O2S. The van der Waals surface area contributed by atoms with E-state index in [1.807, 2.05) is 0 Å². The van der Waals surface area contributed by atoms with E-state index in [2.05, 4.69) is 20.5 Å². The van der Waals surface area contributed by atoms with E-state index >= 15 is 0 Å². The van der Waals surface area contributed by atoms with Crippen molar-refractivity contribution in [2.24, 2.45) is 7.05 Å². The molecule has 9 nitrogen and oxygen atoms in total. The Morgan fingerprint density at radius 3 is 2.83 bits per heavy atom. The lowest BCUT2D eigenvalue weighted by molar-refractivity contribution is 0.0690. The number of nitrogen functional groups attached to an aromatic ring is 1. The number of nitrogens with two attached hydrogens (primary N) is 1. The number of anilines is 1. The van der Waals surface area contributed by atoms with Gasteiger partial charge in [-0.2, -0.15) is 0 Å². The number of carboxylic acids is 1. The number of hydrogen-bond donors (Lipinski definition) is 2. The van der Waals surface area contributed by atoms with Gasteiger partial charge < -0.3 is 10.8 Å². The first-order chi connectivity index (χ1) is 8.58. The topological polar surface area (TPSA) is 125 Å². The monoisotopic (exact) mass is 269 g/mol. The Morgan fingerprint density at radius 2 is 2.28 bits per heavy atom. The second-order valence-corrected chi connectivity index (χ2v) is 4.48. The Labute approximate surface area is 106 Å². The van der Waals surface area contributed by atoms with Crippen molar-refractivity contribution in [2.75, 3.05) is 11.5 Å². The van der Waals surface area contributed by atoms with Crippen LogP contribution in [0.15, 0.2) is 11.4 Å². The highest BCUT2D eigenvalue weighted by molar-refractivity contribution is 7.99. The van der Waals surface area contributed by atoms with Crippen molar-refractivity contribution < 1.29 is 9.90 Å². The molecule has 18 heavy (non-hydrogen) atoms. The summed E-state index contributed by atoms with van der Waals surface area (Å²) in [6.07, 6.45) is 1.38. The van der Waals surface area contributed by atoms with Gasteiger partial charge in [0, 0.05) is 12.8 Å². The van der Waals surface area contributed by atoms with Crippen LogP contribution < -0.4 is 5.73 Å². The lowest BCUT2D eigenvalue weighted by atomic mass is 10.5. The van der Waals surface area contributed by atoms with Gasteiger partial charge in [0.1, 0.15) is 0 Å². The second-order valence-electron chi connectivity index (χ2n) is 3.42. The maximum Gasteiger partial charge on any atom is 0.358 e. The Morgan fingerprint density at radius 1 is 1.50 bits per heavy atom. The maximum atomic E-state index is 10.6. The molecule has 3 N–H and O–H groups in total. The molecule has 0 radical (unpaired) electrons. The normalized spacial score (nSPS) is 10.7. The third kappa shape index (κ3) is 2.59. The summed E-state index contributed by atoms with van der Waals surface area (Å²) in [5.41, 5.74) is 5.48. The van der Waals surface area contributed by atoms with Crippen LogP contribution in [-0.2, 0) is 13.6 Å². The van der Waals surface area contributed by atoms with Crippen molar-refractivity contribution in [1.29, 1.82) is 0 Å². The maximum absolute atomic E-state index is 10.6. The average Bonchev–Trinajstić information content (AvgIpc) is 2.91. The number of thioether (sulfide) groups is 1. The summed E-state index contributed by atoms with van der Waals surface area (Å²) in [4.78, 5) is 10.6. The largest absolute Gasteiger partial charge is 0.476 e. The lowest BCUT2D eigenvalue weighted by Crippen LogP contribution is -2.03. The quantitative estimate of drug-likeness (QED) is 0.694. The number of aryl methyl sites for hydroxylation is 1. The van der Waals surface area contributed by atoms with Crippen LogP contribution in [0, 0.1) is 0 Å². The van der Waals surface area contributed by atoms with Crippen LogP contribution in [0.4, 0.5) is 5.95 Å². The molecule has 0 unspecified atom stereocenters. The summed E-state index contributed by atoms with van der Waals surface area (Å²) in [6.45, 7) is 0.526. The standard InChI is InChI=1S/C8H11N7O2S/c1-14-7(9)11-12-8(14)18-3-2-15-4-5(6(16)17)10-13-15/h4H,2-3H2,1H3,(H2,9,11)(H,16,17). The minimum Gasteiger partial charge on any atom is -0.476 e. The van der Waals surface area contributed by atoms with Crippen LogP contribution in [0.2, 0.25) is 0 Å². The first kappa shape index (κ1) is 12.4. The Bertz CT molecular complexity index is 564. The predicted octanol–water partition coefficient (Wildman–Crippen LogP) is -0.521. The van der Waals surface area contributed by atoms with Gasteiger partial charge >= 0.3 is 5.97 Å². The molecule has 2 aromatic heterocycles. The molecule has 0 atom stereocenters. The summed E-state index contributed by atoms with van der Waals surface area (Å²) in [6, 6.07) is 0. The third-order valence-electron chi connectivity index (χ3n) is 2.18. The van der Waals surface area contributed by atoms with Crippen molar-refractivity contribution in [3.05, 3.63) is 11.9 Å². The molecule has 0 aliphatic heterocycles. The van der Waals surface area contributed by atoms with Crippen molar-refractivity contribution in [3.63, 3.8) is 0 Å². The van der Waals surface area contributed by atoms with Crippen LogP contribution in [-0.4, -0.2) is 46.6 Å². The van der Waals surface area contributed by atoms with Gasteiger partial charge in [0.2, 0.25) is 5.95 Å². The van der Waals surface area contributed by atoms with E-state index in [0.29, 0.717) is 23.4 Å². The predicted molar refractivity (Wildman–Crippen MR) is 63.1 cm³/mol. The van der Waals surface area contributed by atoms with Gasteiger partial charge in [-0.05, 0) is 0 Å². The SMILES string of the molecule is Cn1c(N)nnc1SCCn1cc(C(=O)O)nn1. The Balaban J connectivity index is 1.88. The van der Waals surface area contributed by atoms with Crippen molar-refractivity contribution >= 4 is 23.7 Å². The van der Waals surface area contributed by atoms with E-state index in [1.54, 1.807) is 11.6 Å². The zero-order chi connectivity index (χ0) is 13.1. The molecule has 0 bridgehead atoms. The molecule has 2 rings (SSSR count). The summed E-state index contributed by atoms with van der Waals surface area (Å²) < 4.78 is 3.14. The van der Waals surface area contributed by atoms with E-state index in [-0.39, 0.29) is 5.69 Å². The number of hydrogen-bond acceptors (Lipinski definition) is 7. The molecule has 0 spiro atoms. The molecule has 0 aliphatic carbocycles. The summed E-state index contributed by atoms with van der Waals surface area (Å²) in [5.74, 6) is -0.0737. The zero-order valence-electron chi connectivity index (χ0n) is 9.52. The number of carbonyl (C=O) groups is 1. The lowest BCUT2D eigenvalue weighted by Gasteiger charge is -2.00. The second kappa shape index (κ2) is 5.04. The highest BCUT2D eigenvalue weighted by atomic mass is 32.2. The molecule has 0 aliphatic rings. The number of aromatic nitrogens is 6. The van der Waals surface area contributed by atoms with E-state index in [9.17, 15) is 4.79 Å². The van der Waals surface area contributed by atoms with Crippen LogP contribution in [0.1, 0.15) is 10.5 Å². The molecule has 10 heteroatoms. The van der Waals surface area contributed by atoms with E-state index < -0.39 is 5.97 Å². The summed E-state index contributed by atoms with van der Waals surface area (Å²) in [5, 5.41) is 24.2. The number of rotatable bonds is 5. The Hall–Kier alpha value is -2.10. The van der Waals surface area contributed by atoms with Crippen molar-refractivity contribution in [1.82, 2.24) is 29.8 Å². The van der Waals surface area contributed by atoms with Gasteiger partial charge in [0.05, 0.1) is 12.7 Å². The van der Waals surface area contributed by atoms with Crippen molar-refractivity contribution in [3.8, 4) is 0 Å². The number of carboxylic acid groups (broad SMARTS) is 1. The van der Waals surface area contributed by atoms with Gasteiger partial charge in [-0.15, -0.1) is 15.3 Å². The zero-order valence-corrected chi connectivity index (χ0v) is 10.3. The van der Waals surface area contributed by atoms with Crippen LogP contribution in [0.5, 0.6) is 0 Å². The highest BCUT2D eigenvalue weighted by Gasteiger charge is 2.09. The minimum absolute atomic E-state index is 0.0668. The molecule has 2 aromatic rings. The van der Waals surface area contributed by atoms with Gasteiger partial charge in [-0.25, -0.2) is 4.79 Å². The van der Waals surface area contributed by atoms with Gasteiger partial charge in [-0.1, -0.05) is 17.0 Å². The molecule has 0 aromatic carbocycles. The van der Waals surface area contributed by atoms with E-state index in [4.69, 9.17) is 10.8 Å². The van der Waals surface area contributed by atoms with Crippen molar-refractivity contribution in [2.45, 2.75) is 11.7 Å². The number of nitrogens with zero attached hydrogens (tertiary/aromatic N) is 6. The molecule has 0 saturated carbocycles. The summed E-state index contributed by atoms with van der Waals surface area (Å²) >= 11 is 1.45. The first-order valence-corrected chi connectivity index (χ1v) is 5.97. The van der Waals surface area contributed by atoms with Crippen LogP contribution >= 0.6 is 11.8 Å². The van der Waals surface area contributed by atoms with E-state index in [0.717, 1.165) is 0 Å². The molecule has 0 saturated heterocycles. The highest BCUT2D eigenvalue weighted by Crippen LogP contribution is 2.16.